The number of nitrogens with zero attached hydrogens (tertiary/aromatic N) is 6. The molecule has 5 rings (SSSR count). The van der Waals surface area contributed by atoms with Gasteiger partial charge in [-0.2, -0.15) is 9.97 Å². The molecular weight excluding hydrogens is 338 g/mol. The zero-order valence-electron chi connectivity index (χ0n) is 12.7. The van der Waals surface area contributed by atoms with Crippen molar-refractivity contribution in [3.8, 4) is 22.5 Å². The van der Waals surface area contributed by atoms with Gasteiger partial charge in [-0.3, -0.25) is 0 Å². The second kappa shape index (κ2) is 4.74. The van der Waals surface area contributed by atoms with Gasteiger partial charge in [-0.15, -0.1) is 9.97 Å². The molecule has 2 heterocycles. The predicted octanol–water partition coefficient (Wildman–Crippen LogP) is 4.60. The van der Waals surface area contributed by atoms with Gasteiger partial charge in [-0.05, 0) is 24.3 Å². The molecule has 0 unspecified atom stereocenters. The molecule has 0 atom stereocenters. The molecule has 0 saturated carbocycles. The summed E-state index contributed by atoms with van der Waals surface area (Å²) < 4.78 is 28.3. The Labute approximate surface area is 144 Å². The molecule has 0 N–H and O–H groups in total. The lowest BCUT2D eigenvalue weighted by Crippen LogP contribution is -1.95. The summed E-state index contributed by atoms with van der Waals surface area (Å²) in [5.41, 5.74) is 2.13. The highest BCUT2D eigenvalue weighted by Crippen LogP contribution is 2.47. The number of halogens is 2. The average molecular weight is 342 g/mol. The Morgan fingerprint density at radius 2 is 1.12 bits per heavy atom. The van der Waals surface area contributed by atoms with E-state index in [1.807, 2.05) is 0 Å². The quantitative estimate of drug-likeness (QED) is 0.386. The highest BCUT2D eigenvalue weighted by atomic mass is 19.1. The van der Waals surface area contributed by atoms with Crippen molar-refractivity contribution in [1.29, 1.82) is 0 Å². The number of hydrogen-bond donors (Lipinski definition) is 0. The Balaban J connectivity index is 1.94. The minimum absolute atomic E-state index is 0.105. The van der Waals surface area contributed by atoms with Crippen LogP contribution >= 0.6 is 0 Å². The Hall–Kier alpha value is -4.04. The minimum atomic E-state index is -0.665. The van der Waals surface area contributed by atoms with E-state index in [4.69, 9.17) is 13.1 Å². The van der Waals surface area contributed by atoms with Crippen LogP contribution in [0.15, 0.2) is 24.3 Å². The third-order valence-electron chi connectivity index (χ3n) is 4.26. The molecule has 0 aliphatic heterocycles. The Bertz CT molecular complexity index is 1280. The molecule has 2 aromatic carbocycles. The largest absolute Gasteiger partial charge is 0.370 e. The van der Waals surface area contributed by atoms with Crippen molar-refractivity contribution in [3.05, 3.63) is 58.7 Å². The summed E-state index contributed by atoms with van der Waals surface area (Å²) in [6.45, 7) is 14.2. The normalized spacial score (nSPS) is 11.4. The van der Waals surface area contributed by atoms with Gasteiger partial charge < -0.3 is 9.69 Å². The first kappa shape index (κ1) is 14.3. The van der Waals surface area contributed by atoms with Crippen LogP contribution in [-0.4, -0.2) is 19.9 Å². The summed E-state index contributed by atoms with van der Waals surface area (Å²) >= 11 is 0. The molecular formula is C18H4F2N6. The van der Waals surface area contributed by atoms with Gasteiger partial charge in [0.15, 0.2) is 0 Å². The Morgan fingerprint density at radius 1 is 0.654 bits per heavy atom. The minimum Gasteiger partial charge on any atom is -0.370 e. The molecule has 0 saturated heterocycles. The van der Waals surface area contributed by atoms with E-state index in [9.17, 15) is 8.78 Å². The van der Waals surface area contributed by atoms with Gasteiger partial charge in [-0.25, -0.2) is 8.78 Å². The van der Waals surface area contributed by atoms with E-state index in [0.717, 1.165) is 0 Å². The highest BCUT2D eigenvalue weighted by molar-refractivity contribution is 6.14. The van der Waals surface area contributed by atoms with Gasteiger partial charge in [0.25, 0.3) is 11.6 Å². The first-order chi connectivity index (χ1) is 12.6. The number of rotatable bonds is 0. The van der Waals surface area contributed by atoms with Gasteiger partial charge in [0.2, 0.25) is 0 Å². The average Bonchev–Trinajstić information content (AvgIpc) is 2.96. The molecule has 0 fully saturated rings. The van der Waals surface area contributed by atoms with E-state index in [1.54, 1.807) is 0 Å². The van der Waals surface area contributed by atoms with Crippen LogP contribution in [0, 0.1) is 24.8 Å². The van der Waals surface area contributed by atoms with E-state index >= 15 is 0 Å². The zero-order chi connectivity index (χ0) is 18.0. The summed E-state index contributed by atoms with van der Waals surface area (Å²) in [5, 5.41) is 0.277. The lowest BCUT2D eigenvalue weighted by Gasteiger charge is -2.03. The summed E-state index contributed by atoms with van der Waals surface area (Å²) in [4.78, 5) is 23.3. The summed E-state index contributed by atoms with van der Waals surface area (Å²) in [6.07, 6.45) is 0. The number of benzene rings is 2. The van der Waals surface area contributed by atoms with Gasteiger partial charge in [-0.1, -0.05) is 13.1 Å². The maximum atomic E-state index is 14.2. The molecule has 120 valence electrons. The van der Waals surface area contributed by atoms with Crippen molar-refractivity contribution in [3.63, 3.8) is 0 Å². The highest BCUT2D eigenvalue weighted by Gasteiger charge is 2.29. The third-order valence-corrected chi connectivity index (χ3v) is 4.26. The molecule has 0 bridgehead atoms. The maximum absolute atomic E-state index is 14.2. The molecule has 1 aliphatic carbocycles. The first-order valence-electron chi connectivity index (χ1n) is 7.38. The Morgan fingerprint density at radius 3 is 1.54 bits per heavy atom. The first-order valence-corrected chi connectivity index (χ1v) is 7.38. The molecule has 6 nitrogen and oxygen atoms in total. The van der Waals surface area contributed by atoms with Crippen LogP contribution in [0.4, 0.5) is 20.4 Å². The van der Waals surface area contributed by atoms with E-state index in [0.29, 0.717) is 27.9 Å². The second-order valence-corrected chi connectivity index (χ2v) is 5.60. The molecule has 4 aromatic rings. The summed E-state index contributed by atoms with van der Waals surface area (Å²) in [6, 6.07) is 5.40. The molecule has 0 radical (unpaired) electrons. The fourth-order valence-corrected chi connectivity index (χ4v) is 3.20. The van der Waals surface area contributed by atoms with Crippen LogP contribution < -0.4 is 0 Å². The SMILES string of the molecule is [C-]#[N+]c1nc2nc3c(nc2nc1[N+]#[C-])-c1ccc(F)c2c(F)ccc-3c12. The number of fused-ring (bicyclic) bond motifs is 4. The van der Waals surface area contributed by atoms with Crippen molar-refractivity contribution in [1.82, 2.24) is 19.9 Å². The monoisotopic (exact) mass is 342 g/mol. The number of hydrogen-bond acceptors (Lipinski definition) is 4. The molecule has 2 aromatic heterocycles. The maximum Gasteiger partial charge on any atom is 0.316 e. The van der Waals surface area contributed by atoms with Crippen molar-refractivity contribution in [2.75, 3.05) is 0 Å². The predicted molar refractivity (Wildman–Crippen MR) is 89.5 cm³/mol. The molecule has 8 heteroatoms. The Kier molecular flexibility index (Phi) is 2.61. The van der Waals surface area contributed by atoms with Gasteiger partial charge in [0, 0.05) is 16.5 Å². The van der Waals surface area contributed by atoms with Crippen LogP contribution in [0.2, 0.25) is 0 Å². The van der Waals surface area contributed by atoms with E-state index in [2.05, 4.69) is 29.6 Å². The van der Waals surface area contributed by atoms with Gasteiger partial charge in [0.1, 0.15) is 23.0 Å². The molecule has 0 spiro atoms. The van der Waals surface area contributed by atoms with Crippen LogP contribution in [0.1, 0.15) is 0 Å². The fraction of sp³-hybridized carbons (Fsp3) is 0. The smallest absolute Gasteiger partial charge is 0.316 e. The lowest BCUT2D eigenvalue weighted by atomic mass is 10.0. The van der Waals surface area contributed by atoms with Crippen molar-refractivity contribution < 1.29 is 8.78 Å². The van der Waals surface area contributed by atoms with Crippen LogP contribution in [-0.2, 0) is 0 Å². The molecule has 26 heavy (non-hydrogen) atoms. The van der Waals surface area contributed by atoms with E-state index in [1.165, 1.54) is 24.3 Å². The van der Waals surface area contributed by atoms with Crippen molar-refractivity contribution >= 4 is 33.7 Å². The number of aromatic nitrogens is 4. The van der Waals surface area contributed by atoms with Gasteiger partial charge in [0.05, 0.1) is 5.39 Å². The zero-order valence-corrected chi connectivity index (χ0v) is 12.7. The van der Waals surface area contributed by atoms with Crippen LogP contribution in [0.3, 0.4) is 0 Å². The van der Waals surface area contributed by atoms with E-state index in [-0.39, 0.29) is 28.3 Å². The fourth-order valence-electron chi connectivity index (χ4n) is 3.20. The van der Waals surface area contributed by atoms with Gasteiger partial charge >= 0.3 is 11.3 Å². The molecule has 1 aliphatic rings. The van der Waals surface area contributed by atoms with Crippen molar-refractivity contribution in [2.45, 2.75) is 0 Å². The van der Waals surface area contributed by atoms with Crippen LogP contribution in [0.5, 0.6) is 0 Å². The van der Waals surface area contributed by atoms with E-state index < -0.39 is 11.6 Å². The molecule has 0 amide bonds. The van der Waals surface area contributed by atoms with Crippen LogP contribution in [0.25, 0.3) is 54.3 Å². The third kappa shape index (κ3) is 1.65. The summed E-state index contributed by atoms with van der Waals surface area (Å²) in [7, 11) is 0. The van der Waals surface area contributed by atoms with Crippen molar-refractivity contribution in [2.24, 2.45) is 0 Å². The lowest BCUT2D eigenvalue weighted by molar-refractivity contribution is 0.608. The topological polar surface area (TPSA) is 60.3 Å². The summed E-state index contributed by atoms with van der Waals surface area (Å²) in [5.74, 6) is -1.65. The standard InChI is InChI=1S/C18H4F2N6/c1-21-15-16(22-2)26-18-17(25-15)23-13-7-3-5-9(19)12-10(20)6-4-8(11(7)12)14(13)24-18/h3-6H. The second-order valence-electron chi connectivity index (χ2n) is 5.60.